The van der Waals surface area contributed by atoms with E-state index < -0.39 is 17.7 Å². The van der Waals surface area contributed by atoms with E-state index in [1.165, 1.54) is 28.6 Å². The quantitative estimate of drug-likeness (QED) is 0.439. The molecule has 0 saturated carbocycles. The number of carbonyl (C=O) groups is 2. The van der Waals surface area contributed by atoms with Crippen LogP contribution in [0, 0.1) is 0 Å². The van der Waals surface area contributed by atoms with Crippen LogP contribution in [-0.4, -0.2) is 26.8 Å². The third-order valence-corrected chi connectivity index (χ3v) is 5.00. The number of aromatic nitrogens is 2. The number of carbonyl (C=O) groups excluding carboxylic acids is 2. The van der Waals surface area contributed by atoms with Crippen molar-refractivity contribution in [2.24, 2.45) is 0 Å². The normalized spacial score (nSPS) is 19.1. The van der Waals surface area contributed by atoms with Gasteiger partial charge in [-0.15, -0.1) is 11.3 Å². The van der Waals surface area contributed by atoms with E-state index in [-0.39, 0.29) is 17.3 Å². The minimum Gasteiger partial charge on any atom is -0.507 e. The standard InChI is InChI=1S/C19H13N3O3S/c23-16(12-6-2-1-3-7-12)14-15(13-8-4-11-26-13)22(18(25)17(14)24)19-20-9-5-10-21-19/h1-11,15,23H/b16-14-. The molecule has 128 valence electrons. The summed E-state index contributed by atoms with van der Waals surface area (Å²) in [6, 6.07) is 13.2. The summed E-state index contributed by atoms with van der Waals surface area (Å²) < 4.78 is 0. The number of nitrogens with zero attached hydrogens (tertiary/aromatic N) is 3. The number of hydrogen-bond acceptors (Lipinski definition) is 6. The van der Waals surface area contributed by atoms with E-state index in [2.05, 4.69) is 9.97 Å². The van der Waals surface area contributed by atoms with Crippen molar-refractivity contribution < 1.29 is 14.7 Å². The smallest absolute Gasteiger partial charge is 0.302 e. The van der Waals surface area contributed by atoms with Gasteiger partial charge in [-0.1, -0.05) is 36.4 Å². The zero-order chi connectivity index (χ0) is 18.1. The lowest BCUT2D eigenvalue weighted by atomic mass is 10.00. The molecule has 1 atom stereocenters. The molecular weight excluding hydrogens is 350 g/mol. The fraction of sp³-hybridized carbons (Fsp3) is 0.0526. The van der Waals surface area contributed by atoms with Gasteiger partial charge in [-0.25, -0.2) is 9.97 Å². The third kappa shape index (κ3) is 2.58. The van der Waals surface area contributed by atoms with Crippen LogP contribution in [0.3, 0.4) is 0 Å². The second kappa shape index (κ2) is 6.53. The number of benzene rings is 1. The van der Waals surface area contributed by atoms with Crippen LogP contribution in [0.25, 0.3) is 5.76 Å². The van der Waals surface area contributed by atoms with E-state index in [9.17, 15) is 14.7 Å². The molecule has 1 amide bonds. The number of aliphatic hydroxyl groups is 1. The largest absolute Gasteiger partial charge is 0.507 e. The van der Waals surface area contributed by atoms with Crippen molar-refractivity contribution in [1.82, 2.24) is 9.97 Å². The van der Waals surface area contributed by atoms with Crippen LogP contribution >= 0.6 is 11.3 Å². The minimum atomic E-state index is -0.766. The number of anilines is 1. The molecule has 7 heteroatoms. The molecule has 3 heterocycles. The Kier molecular flexibility index (Phi) is 4.06. The summed E-state index contributed by atoms with van der Waals surface area (Å²) in [4.78, 5) is 35.7. The second-order valence-electron chi connectivity index (χ2n) is 5.60. The molecule has 1 aliphatic rings. The van der Waals surface area contributed by atoms with Gasteiger partial charge in [0.1, 0.15) is 11.8 Å². The number of aliphatic hydroxyl groups excluding tert-OH is 1. The lowest BCUT2D eigenvalue weighted by Gasteiger charge is -2.21. The molecule has 0 bridgehead atoms. The molecule has 3 aromatic rings. The van der Waals surface area contributed by atoms with Crippen molar-refractivity contribution >= 4 is 34.7 Å². The van der Waals surface area contributed by atoms with E-state index in [1.54, 1.807) is 30.3 Å². The first-order valence-electron chi connectivity index (χ1n) is 7.85. The summed E-state index contributed by atoms with van der Waals surface area (Å²) in [5.74, 6) is -1.59. The maximum absolute atomic E-state index is 12.7. The highest BCUT2D eigenvalue weighted by atomic mass is 32.1. The van der Waals surface area contributed by atoms with Crippen molar-refractivity contribution in [3.8, 4) is 0 Å². The van der Waals surface area contributed by atoms with Gasteiger partial charge in [-0.2, -0.15) is 0 Å². The molecule has 1 aliphatic heterocycles. The second-order valence-corrected chi connectivity index (χ2v) is 6.58. The Labute approximate surface area is 153 Å². The lowest BCUT2D eigenvalue weighted by Crippen LogP contribution is -2.30. The SMILES string of the molecule is O=C1C(=O)N(c2ncccn2)C(c2cccs2)/C1=C(/O)c1ccccc1. The Balaban J connectivity index is 1.94. The van der Waals surface area contributed by atoms with E-state index in [0.29, 0.717) is 5.56 Å². The van der Waals surface area contributed by atoms with Gasteiger partial charge in [0.05, 0.1) is 5.57 Å². The Bertz CT molecular complexity index is 985. The highest BCUT2D eigenvalue weighted by Crippen LogP contribution is 2.42. The summed E-state index contributed by atoms with van der Waals surface area (Å²) in [5, 5.41) is 12.6. The summed E-state index contributed by atoms with van der Waals surface area (Å²) in [6.07, 6.45) is 3.01. The van der Waals surface area contributed by atoms with Crippen LogP contribution in [0.15, 0.2) is 71.9 Å². The van der Waals surface area contributed by atoms with E-state index in [1.807, 2.05) is 23.6 Å². The van der Waals surface area contributed by atoms with Crippen LogP contribution in [0.4, 0.5) is 5.95 Å². The predicted molar refractivity (Wildman–Crippen MR) is 97.6 cm³/mol. The lowest BCUT2D eigenvalue weighted by molar-refractivity contribution is -0.132. The summed E-state index contributed by atoms with van der Waals surface area (Å²) in [6.45, 7) is 0. The number of thiophene rings is 1. The molecule has 4 rings (SSSR count). The van der Waals surface area contributed by atoms with Crippen molar-refractivity contribution in [2.75, 3.05) is 4.90 Å². The summed E-state index contributed by atoms with van der Waals surface area (Å²) >= 11 is 1.39. The Morgan fingerprint density at radius 3 is 2.38 bits per heavy atom. The van der Waals surface area contributed by atoms with E-state index in [0.717, 1.165) is 4.88 Å². The van der Waals surface area contributed by atoms with Gasteiger partial charge in [-0.05, 0) is 17.5 Å². The third-order valence-electron chi connectivity index (χ3n) is 4.07. The van der Waals surface area contributed by atoms with Crippen LogP contribution in [0.2, 0.25) is 0 Å². The van der Waals surface area contributed by atoms with Crippen LogP contribution in [-0.2, 0) is 9.59 Å². The average Bonchev–Trinajstić information content (AvgIpc) is 3.30. The van der Waals surface area contributed by atoms with Gasteiger partial charge >= 0.3 is 5.91 Å². The number of rotatable bonds is 3. The average molecular weight is 363 g/mol. The van der Waals surface area contributed by atoms with Crippen LogP contribution in [0.5, 0.6) is 0 Å². The predicted octanol–water partition coefficient (Wildman–Crippen LogP) is 3.16. The maximum atomic E-state index is 12.7. The molecule has 1 fully saturated rings. The number of Topliss-reactive ketones (excluding diaryl/α,β-unsaturated/α-hetero) is 1. The minimum absolute atomic E-state index is 0.0381. The first kappa shape index (κ1) is 16.2. The number of ketones is 1. The topological polar surface area (TPSA) is 83.4 Å². The number of amides is 1. The molecule has 0 aliphatic carbocycles. The summed E-state index contributed by atoms with van der Waals surface area (Å²) in [5.41, 5.74) is 0.511. The number of hydrogen-bond donors (Lipinski definition) is 1. The van der Waals surface area contributed by atoms with Gasteiger partial charge in [-0.3, -0.25) is 14.5 Å². The van der Waals surface area contributed by atoms with Crippen molar-refractivity contribution in [3.63, 3.8) is 0 Å². The molecule has 1 N–H and O–H groups in total. The van der Waals surface area contributed by atoms with E-state index in [4.69, 9.17) is 0 Å². The van der Waals surface area contributed by atoms with Gasteiger partial charge < -0.3 is 5.11 Å². The van der Waals surface area contributed by atoms with Crippen molar-refractivity contribution in [3.05, 3.63) is 82.3 Å². The molecule has 2 aromatic heterocycles. The Hall–Kier alpha value is -3.32. The van der Waals surface area contributed by atoms with E-state index >= 15 is 0 Å². The first-order chi connectivity index (χ1) is 12.7. The summed E-state index contributed by atoms with van der Waals surface area (Å²) in [7, 11) is 0. The fourth-order valence-electron chi connectivity index (χ4n) is 2.92. The molecule has 0 radical (unpaired) electrons. The van der Waals surface area contributed by atoms with Crippen molar-refractivity contribution in [2.45, 2.75) is 6.04 Å². The zero-order valence-electron chi connectivity index (χ0n) is 13.4. The van der Waals surface area contributed by atoms with Gasteiger partial charge in [0, 0.05) is 22.8 Å². The Morgan fingerprint density at radius 2 is 1.73 bits per heavy atom. The molecular formula is C19H13N3O3S. The van der Waals surface area contributed by atoms with Crippen molar-refractivity contribution in [1.29, 1.82) is 0 Å². The monoisotopic (exact) mass is 363 g/mol. The van der Waals surface area contributed by atoms with Crippen LogP contribution in [0.1, 0.15) is 16.5 Å². The molecule has 1 aromatic carbocycles. The molecule has 1 saturated heterocycles. The highest BCUT2D eigenvalue weighted by molar-refractivity contribution is 7.10. The molecule has 1 unspecified atom stereocenters. The van der Waals surface area contributed by atoms with Crippen LogP contribution < -0.4 is 4.90 Å². The maximum Gasteiger partial charge on any atom is 0.302 e. The fourth-order valence-corrected chi connectivity index (χ4v) is 3.75. The molecule has 26 heavy (non-hydrogen) atoms. The molecule has 0 spiro atoms. The zero-order valence-corrected chi connectivity index (χ0v) is 14.3. The highest BCUT2D eigenvalue weighted by Gasteiger charge is 2.48. The van der Waals surface area contributed by atoms with Gasteiger partial charge in [0.15, 0.2) is 0 Å². The Morgan fingerprint density at radius 1 is 1.00 bits per heavy atom. The van der Waals surface area contributed by atoms with Gasteiger partial charge in [0.25, 0.3) is 5.78 Å². The molecule has 6 nitrogen and oxygen atoms in total. The van der Waals surface area contributed by atoms with Gasteiger partial charge in [0.2, 0.25) is 5.95 Å². The first-order valence-corrected chi connectivity index (χ1v) is 8.73.